The van der Waals surface area contributed by atoms with Gasteiger partial charge in [0.2, 0.25) is 0 Å². The van der Waals surface area contributed by atoms with Crippen molar-refractivity contribution >= 4 is 34.2 Å². The van der Waals surface area contributed by atoms with Crippen LogP contribution in [-0.4, -0.2) is 29.7 Å². The molecule has 3 rings (SSSR count). The van der Waals surface area contributed by atoms with E-state index in [1.165, 1.54) is 61.3 Å². The van der Waals surface area contributed by atoms with E-state index in [0.29, 0.717) is 10.9 Å². The van der Waals surface area contributed by atoms with E-state index in [0.717, 1.165) is 0 Å². The molecule has 0 saturated carbocycles. The third-order valence-corrected chi connectivity index (χ3v) is 4.31. The smallest absolute Gasteiger partial charge is 0.341 e. The predicted octanol–water partition coefficient (Wildman–Crippen LogP) is 3.35. The predicted molar refractivity (Wildman–Crippen MR) is 99.1 cm³/mol. The number of carbonyl (C=O) groups is 1. The van der Waals surface area contributed by atoms with Gasteiger partial charge in [-0.25, -0.2) is 4.79 Å². The van der Waals surface area contributed by atoms with Gasteiger partial charge >= 0.3 is 5.97 Å². The van der Waals surface area contributed by atoms with Crippen LogP contribution in [0.1, 0.15) is 10.4 Å². The zero-order valence-electron chi connectivity index (χ0n) is 14.3. The third-order valence-electron chi connectivity index (χ3n) is 4.00. The number of fused-ring (bicyclic) bond motifs is 1. The molecule has 2 aromatic carbocycles. The Balaban J connectivity index is 2.32. The molecule has 0 N–H and O–H groups in total. The Morgan fingerprint density at radius 3 is 2.52 bits per heavy atom. The number of pyridine rings is 1. The normalized spacial score (nSPS) is 10.6. The number of nitro benzene ring substituents is 1. The van der Waals surface area contributed by atoms with Crippen molar-refractivity contribution in [1.82, 2.24) is 4.57 Å². The van der Waals surface area contributed by atoms with Gasteiger partial charge in [0.25, 0.3) is 11.2 Å². The molecular formula is C18H13ClN2O6. The van der Waals surface area contributed by atoms with Crippen LogP contribution in [0.5, 0.6) is 5.75 Å². The van der Waals surface area contributed by atoms with Crippen LogP contribution in [0.25, 0.3) is 16.6 Å². The molecule has 138 valence electrons. The van der Waals surface area contributed by atoms with Gasteiger partial charge in [0.15, 0.2) is 0 Å². The summed E-state index contributed by atoms with van der Waals surface area (Å²) in [7, 11) is 2.60. The van der Waals surface area contributed by atoms with E-state index in [-0.39, 0.29) is 27.7 Å². The molecule has 0 saturated heterocycles. The molecule has 0 atom stereocenters. The number of non-ortho nitro benzene ring substituents is 1. The van der Waals surface area contributed by atoms with E-state index in [4.69, 9.17) is 21.1 Å². The summed E-state index contributed by atoms with van der Waals surface area (Å²) in [6.07, 6.45) is 0. The molecule has 0 bridgehead atoms. The first-order valence-electron chi connectivity index (χ1n) is 7.63. The Hall–Kier alpha value is -3.39. The second kappa shape index (κ2) is 7.08. The summed E-state index contributed by atoms with van der Waals surface area (Å²) in [6.45, 7) is 0. The van der Waals surface area contributed by atoms with Crippen molar-refractivity contribution < 1.29 is 19.2 Å². The number of benzene rings is 2. The first kappa shape index (κ1) is 18.4. The first-order valence-corrected chi connectivity index (χ1v) is 8.01. The quantitative estimate of drug-likeness (QED) is 0.386. The summed E-state index contributed by atoms with van der Waals surface area (Å²) >= 11 is 6.32. The minimum absolute atomic E-state index is 0.0996. The van der Waals surface area contributed by atoms with E-state index in [2.05, 4.69) is 0 Å². The molecule has 0 aliphatic rings. The fraction of sp³-hybridized carbons (Fsp3) is 0.111. The van der Waals surface area contributed by atoms with Crippen LogP contribution in [0.2, 0.25) is 5.02 Å². The van der Waals surface area contributed by atoms with E-state index in [1.54, 1.807) is 0 Å². The van der Waals surface area contributed by atoms with Crippen molar-refractivity contribution in [2.24, 2.45) is 0 Å². The lowest BCUT2D eigenvalue weighted by molar-refractivity contribution is -0.384. The number of nitro groups is 1. The maximum absolute atomic E-state index is 12.5. The number of hydrogen-bond acceptors (Lipinski definition) is 6. The van der Waals surface area contributed by atoms with Crippen molar-refractivity contribution in [3.8, 4) is 11.4 Å². The van der Waals surface area contributed by atoms with Crippen molar-refractivity contribution in [3.05, 3.63) is 73.5 Å². The molecule has 8 nitrogen and oxygen atoms in total. The van der Waals surface area contributed by atoms with Crippen LogP contribution in [0.15, 0.2) is 47.3 Å². The van der Waals surface area contributed by atoms with Gasteiger partial charge in [-0.1, -0.05) is 11.6 Å². The summed E-state index contributed by atoms with van der Waals surface area (Å²) in [5.41, 5.74) is 0.301. The summed E-state index contributed by atoms with van der Waals surface area (Å²) in [6, 6.07) is 9.69. The number of rotatable bonds is 4. The molecule has 0 radical (unpaired) electrons. The molecule has 27 heavy (non-hydrogen) atoms. The van der Waals surface area contributed by atoms with Crippen LogP contribution >= 0.6 is 11.6 Å². The van der Waals surface area contributed by atoms with Crippen LogP contribution in [0.4, 0.5) is 5.69 Å². The molecule has 0 fully saturated rings. The second-order valence-corrected chi connectivity index (χ2v) is 5.91. The molecule has 1 aromatic heterocycles. The monoisotopic (exact) mass is 388 g/mol. The van der Waals surface area contributed by atoms with Crippen molar-refractivity contribution in [2.45, 2.75) is 0 Å². The van der Waals surface area contributed by atoms with Gasteiger partial charge in [-0.3, -0.25) is 19.5 Å². The van der Waals surface area contributed by atoms with Crippen LogP contribution < -0.4 is 10.3 Å². The number of aromatic nitrogens is 1. The number of nitrogens with zero attached hydrogens (tertiary/aromatic N) is 2. The van der Waals surface area contributed by atoms with Gasteiger partial charge in [-0.05, 0) is 18.2 Å². The third kappa shape index (κ3) is 3.22. The number of carbonyl (C=O) groups excluding carboxylic acids is 1. The fourth-order valence-corrected chi connectivity index (χ4v) is 3.00. The standard InChI is InChI=1S/C18H13ClN2O6/c1-26-16-9-15(13(19)8-12(16)18(23)27-2)20-14-5-4-11(21(24)25)7-10(14)3-6-17(20)22/h3-9H,1-2H3. The number of ether oxygens (including phenoxy) is 2. The molecule has 0 unspecified atom stereocenters. The summed E-state index contributed by atoms with van der Waals surface area (Å²) in [4.78, 5) is 34.9. The second-order valence-electron chi connectivity index (χ2n) is 5.50. The minimum Gasteiger partial charge on any atom is -0.496 e. The Kier molecular flexibility index (Phi) is 4.83. The van der Waals surface area contributed by atoms with Crippen LogP contribution in [0, 0.1) is 10.1 Å². The lowest BCUT2D eigenvalue weighted by atomic mass is 10.1. The number of methoxy groups -OCH3 is 2. The average Bonchev–Trinajstić information content (AvgIpc) is 2.67. The van der Waals surface area contributed by atoms with Gasteiger partial charge in [0, 0.05) is 29.7 Å². The van der Waals surface area contributed by atoms with E-state index < -0.39 is 16.5 Å². The Bertz CT molecular complexity index is 1140. The van der Waals surface area contributed by atoms with E-state index >= 15 is 0 Å². The molecular weight excluding hydrogens is 376 g/mol. The first-order chi connectivity index (χ1) is 12.9. The van der Waals surface area contributed by atoms with Gasteiger partial charge in [0.1, 0.15) is 11.3 Å². The van der Waals surface area contributed by atoms with Crippen molar-refractivity contribution in [3.63, 3.8) is 0 Å². The van der Waals surface area contributed by atoms with Crippen molar-refractivity contribution in [1.29, 1.82) is 0 Å². The highest BCUT2D eigenvalue weighted by atomic mass is 35.5. The maximum atomic E-state index is 12.5. The molecule has 9 heteroatoms. The largest absolute Gasteiger partial charge is 0.496 e. The van der Waals surface area contributed by atoms with Crippen LogP contribution in [-0.2, 0) is 4.74 Å². The highest BCUT2D eigenvalue weighted by Gasteiger charge is 2.19. The molecule has 1 heterocycles. The molecule has 0 aliphatic carbocycles. The zero-order chi connectivity index (χ0) is 19.7. The molecule has 0 spiro atoms. The molecule has 3 aromatic rings. The number of hydrogen-bond donors (Lipinski definition) is 0. The summed E-state index contributed by atoms with van der Waals surface area (Å²) in [5.74, 6) is -0.465. The minimum atomic E-state index is -0.638. The lowest BCUT2D eigenvalue weighted by Crippen LogP contribution is -2.18. The van der Waals surface area contributed by atoms with Crippen LogP contribution in [0.3, 0.4) is 0 Å². The highest BCUT2D eigenvalue weighted by molar-refractivity contribution is 6.33. The van der Waals surface area contributed by atoms with Gasteiger partial charge in [-0.2, -0.15) is 0 Å². The Labute approximate surface area is 157 Å². The number of halogens is 1. The Morgan fingerprint density at radius 2 is 1.89 bits per heavy atom. The SMILES string of the molecule is COC(=O)c1cc(Cl)c(-n2c(=O)ccc3cc([N+](=O)[O-])ccc32)cc1OC. The topological polar surface area (TPSA) is 101 Å². The van der Waals surface area contributed by atoms with Gasteiger partial charge < -0.3 is 9.47 Å². The molecule has 0 aliphatic heterocycles. The number of esters is 1. The van der Waals surface area contributed by atoms with E-state index in [9.17, 15) is 19.7 Å². The average molecular weight is 389 g/mol. The zero-order valence-corrected chi connectivity index (χ0v) is 15.0. The lowest BCUT2D eigenvalue weighted by Gasteiger charge is -2.15. The van der Waals surface area contributed by atoms with Gasteiger partial charge in [0.05, 0.1) is 35.4 Å². The molecule has 0 amide bonds. The highest BCUT2D eigenvalue weighted by Crippen LogP contribution is 2.32. The van der Waals surface area contributed by atoms with Crippen molar-refractivity contribution in [2.75, 3.05) is 14.2 Å². The van der Waals surface area contributed by atoms with Gasteiger partial charge in [-0.15, -0.1) is 0 Å². The van der Waals surface area contributed by atoms with E-state index in [1.807, 2.05) is 0 Å². The Morgan fingerprint density at radius 1 is 1.15 bits per heavy atom. The summed E-state index contributed by atoms with van der Waals surface area (Å²) < 4.78 is 11.2. The maximum Gasteiger partial charge on any atom is 0.341 e. The summed E-state index contributed by atoms with van der Waals surface area (Å²) in [5, 5.41) is 11.6. The fourth-order valence-electron chi connectivity index (χ4n) is 2.75.